The number of rotatable bonds is 9. The van der Waals surface area contributed by atoms with E-state index in [1.165, 1.54) is 18.2 Å². The summed E-state index contributed by atoms with van der Waals surface area (Å²) in [5, 5.41) is 2.91. The van der Waals surface area contributed by atoms with Gasteiger partial charge in [0.15, 0.2) is 0 Å². The average molecular weight is 456 g/mol. The molecule has 1 amide bonds. The quantitative estimate of drug-likeness (QED) is 0.518. The van der Waals surface area contributed by atoms with Crippen LogP contribution in [0.25, 0.3) is 0 Å². The second kappa shape index (κ2) is 10.4. The number of carbonyl (C=O) groups excluding carboxylic acids is 1. The second-order valence-corrected chi connectivity index (χ2v) is 9.30. The Balaban J connectivity index is 1.72. The van der Waals surface area contributed by atoms with Gasteiger partial charge in [-0.1, -0.05) is 42.5 Å². The molecule has 3 rings (SSSR count). The van der Waals surface area contributed by atoms with Gasteiger partial charge >= 0.3 is 0 Å². The molecule has 3 aromatic carbocycles. The first-order valence-electron chi connectivity index (χ1n) is 10.1. The van der Waals surface area contributed by atoms with Crippen molar-refractivity contribution in [2.75, 3.05) is 25.4 Å². The molecule has 6 nitrogen and oxygen atoms in total. The van der Waals surface area contributed by atoms with Crippen molar-refractivity contribution >= 4 is 21.6 Å². The first kappa shape index (κ1) is 23.4. The Labute approximate surface area is 188 Å². The maximum atomic E-state index is 13.1. The zero-order valence-corrected chi connectivity index (χ0v) is 18.8. The van der Waals surface area contributed by atoms with E-state index in [4.69, 9.17) is 0 Å². The van der Waals surface area contributed by atoms with Gasteiger partial charge < -0.3 is 10.2 Å². The minimum atomic E-state index is -3.98. The summed E-state index contributed by atoms with van der Waals surface area (Å²) in [6, 6.07) is 20.9. The third kappa shape index (κ3) is 6.15. The average Bonchev–Trinajstić information content (AvgIpc) is 2.77. The van der Waals surface area contributed by atoms with Crippen LogP contribution in [0.3, 0.4) is 0 Å². The number of para-hydroxylation sites is 1. The van der Waals surface area contributed by atoms with Gasteiger partial charge in [0.2, 0.25) is 0 Å². The van der Waals surface area contributed by atoms with Gasteiger partial charge in [0, 0.05) is 12.6 Å². The highest BCUT2D eigenvalue weighted by Gasteiger charge is 2.20. The number of nitrogens with zero attached hydrogens (tertiary/aromatic N) is 1. The van der Waals surface area contributed by atoms with Gasteiger partial charge in [-0.05, 0) is 62.5 Å². The third-order valence-electron chi connectivity index (χ3n) is 5.08. The Morgan fingerprint density at radius 1 is 0.938 bits per heavy atom. The van der Waals surface area contributed by atoms with Crippen LogP contribution in [0.15, 0.2) is 83.8 Å². The lowest BCUT2D eigenvalue weighted by Gasteiger charge is -2.25. The molecule has 1 atom stereocenters. The summed E-state index contributed by atoms with van der Waals surface area (Å²) < 4.78 is 40.9. The highest BCUT2D eigenvalue weighted by atomic mass is 32.2. The summed E-state index contributed by atoms with van der Waals surface area (Å²) >= 11 is 0. The number of amides is 1. The molecule has 0 saturated heterocycles. The number of carbonyl (C=O) groups is 1. The van der Waals surface area contributed by atoms with Crippen LogP contribution in [-0.2, 0) is 16.4 Å². The Hall–Kier alpha value is -3.23. The SMILES string of the molecule is CN(C)C(CNC(=O)c1ccccc1NS(=O)(=O)c1ccc(F)cc1)Cc1ccccc1. The van der Waals surface area contributed by atoms with E-state index >= 15 is 0 Å². The summed E-state index contributed by atoms with van der Waals surface area (Å²) in [4.78, 5) is 14.8. The van der Waals surface area contributed by atoms with Gasteiger partial charge in [-0.15, -0.1) is 0 Å². The number of sulfonamides is 1. The molecule has 2 N–H and O–H groups in total. The van der Waals surface area contributed by atoms with Crippen LogP contribution in [-0.4, -0.2) is 45.9 Å². The Morgan fingerprint density at radius 3 is 2.22 bits per heavy atom. The predicted molar refractivity (Wildman–Crippen MR) is 124 cm³/mol. The van der Waals surface area contributed by atoms with Crippen molar-refractivity contribution in [2.24, 2.45) is 0 Å². The van der Waals surface area contributed by atoms with Crippen molar-refractivity contribution < 1.29 is 17.6 Å². The smallest absolute Gasteiger partial charge is 0.261 e. The number of anilines is 1. The molecule has 8 heteroatoms. The maximum Gasteiger partial charge on any atom is 0.261 e. The number of nitrogens with one attached hydrogen (secondary N) is 2. The lowest BCUT2D eigenvalue weighted by Crippen LogP contribution is -2.41. The highest BCUT2D eigenvalue weighted by Crippen LogP contribution is 2.20. The van der Waals surface area contributed by atoms with Crippen molar-refractivity contribution in [3.63, 3.8) is 0 Å². The monoisotopic (exact) mass is 455 g/mol. The highest BCUT2D eigenvalue weighted by molar-refractivity contribution is 7.92. The number of hydrogen-bond donors (Lipinski definition) is 2. The molecular formula is C24H26FN3O3S. The van der Waals surface area contributed by atoms with E-state index in [-0.39, 0.29) is 28.1 Å². The molecule has 0 spiro atoms. The van der Waals surface area contributed by atoms with E-state index in [1.54, 1.807) is 18.2 Å². The minimum Gasteiger partial charge on any atom is -0.350 e. The first-order valence-corrected chi connectivity index (χ1v) is 11.6. The van der Waals surface area contributed by atoms with Crippen molar-refractivity contribution in [3.8, 4) is 0 Å². The summed E-state index contributed by atoms with van der Waals surface area (Å²) in [6.07, 6.45) is 0.757. The van der Waals surface area contributed by atoms with Crippen molar-refractivity contribution in [3.05, 3.63) is 95.8 Å². The molecule has 168 valence electrons. The number of halogens is 1. The predicted octanol–water partition coefficient (Wildman–Crippen LogP) is 3.53. The van der Waals surface area contributed by atoms with Crippen LogP contribution in [0.5, 0.6) is 0 Å². The molecule has 0 bridgehead atoms. The van der Waals surface area contributed by atoms with Crippen LogP contribution >= 0.6 is 0 Å². The van der Waals surface area contributed by atoms with Gasteiger partial charge in [-0.25, -0.2) is 12.8 Å². The van der Waals surface area contributed by atoms with Gasteiger partial charge in [0.05, 0.1) is 16.1 Å². The van der Waals surface area contributed by atoms with E-state index < -0.39 is 15.8 Å². The fourth-order valence-corrected chi connectivity index (χ4v) is 4.30. The van der Waals surface area contributed by atoms with E-state index in [0.29, 0.717) is 6.54 Å². The Bertz CT molecular complexity index is 1150. The zero-order chi connectivity index (χ0) is 23.1. The molecule has 0 radical (unpaired) electrons. The van der Waals surface area contributed by atoms with Crippen LogP contribution in [0.2, 0.25) is 0 Å². The molecule has 0 fully saturated rings. The molecule has 3 aromatic rings. The Morgan fingerprint density at radius 2 is 1.56 bits per heavy atom. The number of likely N-dealkylation sites (N-methyl/N-ethyl adjacent to an activating group) is 1. The summed E-state index contributed by atoms with van der Waals surface area (Å²) in [5.74, 6) is -0.919. The topological polar surface area (TPSA) is 78.5 Å². The Kier molecular flexibility index (Phi) is 7.61. The lowest BCUT2D eigenvalue weighted by atomic mass is 10.0. The van der Waals surface area contributed by atoms with Crippen LogP contribution in [0, 0.1) is 5.82 Å². The second-order valence-electron chi connectivity index (χ2n) is 7.62. The molecule has 0 aromatic heterocycles. The fourth-order valence-electron chi connectivity index (χ4n) is 3.22. The van der Waals surface area contributed by atoms with Crippen molar-refractivity contribution in [1.29, 1.82) is 0 Å². The molecular weight excluding hydrogens is 429 g/mol. The van der Waals surface area contributed by atoms with Gasteiger partial charge in [-0.3, -0.25) is 9.52 Å². The zero-order valence-electron chi connectivity index (χ0n) is 18.0. The molecule has 0 heterocycles. The summed E-state index contributed by atoms with van der Waals surface area (Å²) in [5.41, 5.74) is 1.52. The van der Waals surface area contributed by atoms with Gasteiger partial charge in [-0.2, -0.15) is 0 Å². The third-order valence-corrected chi connectivity index (χ3v) is 6.46. The normalized spacial score (nSPS) is 12.4. The fraction of sp³-hybridized carbons (Fsp3) is 0.208. The van der Waals surface area contributed by atoms with E-state index in [1.807, 2.05) is 49.3 Å². The molecule has 0 saturated carbocycles. The maximum absolute atomic E-state index is 13.1. The number of benzene rings is 3. The largest absolute Gasteiger partial charge is 0.350 e. The molecule has 0 aliphatic heterocycles. The molecule has 32 heavy (non-hydrogen) atoms. The van der Waals surface area contributed by atoms with Gasteiger partial charge in [0.25, 0.3) is 15.9 Å². The number of hydrogen-bond acceptors (Lipinski definition) is 4. The van der Waals surface area contributed by atoms with Crippen molar-refractivity contribution in [1.82, 2.24) is 10.2 Å². The first-order chi connectivity index (χ1) is 15.3. The molecule has 0 aliphatic carbocycles. The van der Waals surface area contributed by atoms with Crippen molar-refractivity contribution in [2.45, 2.75) is 17.4 Å². The summed E-state index contributed by atoms with van der Waals surface area (Å²) in [6.45, 7) is 0.389. The van der Waals surface area contributed by atoms with E-state index in [0.717, 1.165) is 24.1 Å². The summed E-state index contributed by atoms with van der Waals surface area (Å²) in [7, 11) is -0.0785. The molecule has 1 unspecified atom stereocenters. The van der Waals surface area contributed by atoms with Crippen LogP contribution in [0.1, 0.15) is 15.9 Å². The van der Waals surface area contributed by atoms with E-state index in [9.17, 15) is 17.6 Å². The van der Waals surface area contributed by atoms with Crippen LogP contribution in [0.4, 0.5) is 10.1 Å². The van der Waals surface area contributed by atoms with Gasteiger partial charge in [0.1, 0.15) is 5.82 Å². The lowest BCUT2D eigenvalue weighted by molar-refractivity contribution is 0.0942. The molecule has 0 aliphatic rings. The minimum absolute atomic E-state index is 0.0596. The standard InChI is InChI=1S/C24H26FN3O3S/c1-28(2)20(16-18-8-4-3-5-9-18)17-26-24(29)22-10-6-7-11-23(22)27-32(30,31)21-14-12-19(25)13-15-21/h3-15,20,27H,16-17H2,1-2H3,(H,26,29). The van der Waals surface area contributed by atoms with E-state index in [2.05, 4.69) is 10.0 Å². The van der Waals surface area contributed by atoms with Crippen LogP contribution < -0.4 is 10.0 Å².